The highest BCUT2D eigenvalue weighted by atomic mass is 19.4. The van der Waals surface area contributed by atoms with Crippen molar-refractivity contribution in [3.63, 3.8) is 0 Å². The minimum Gasteiger partial charge on any atom is -0.316 e. The topological polar surface area (TPSA) is 75.0 Å². The molecule has 0 spiro atoms. The number of halogens is 5. The number of nitrogens with zero attached hydrogens (tertiary/aromatic N) is 7. The Morgan fingerprint density at radius 3 is 2.44 bits per heavy atom. The van der Waals surface area contributed by atoms with Crippen LogP contribution in [0.2, 0.25) is 0 Å². The second-order valence-corrected chi connectivity index (χ2v) is 11.1. The van der Waals surface area contributed by atoms with Crippen molar-refractivity contribution in [3.8, 4) is 11.3 Å². The molecule has 13 heteroatoms. The standard InChI is InChI=1S/C28H27F5N8/c1-39-17-3-4-18(39)14-40(13-17)12-15-2-6-23(34-10-15)36-27-35-11-20(30)25(38-27)16-8-19(29)26-21(9-16)41-22(28(31,32)33)5-7-24(41)37-26/h2,6,8-11,17-18,22H,3-5,7,12-14H2,1H3,(H,34,35,36,38). The number of hydrogen-bond donors (Lipinski definition) is 1. The first-order valence-electron chi connectivity index (χ1n) is 13.6. The monoisotopic (exact) mass is 570 g/mol. The summed E-state index contributed by atoms with van der Waals surface area (Å²) in [6, 6.07) is 5.45. The van der Waals surface area contributed by atoms with Crippen molar-refractivity contribution in [2.45, 2.75) is 56.5 Å². The van der Waals surface area contributed by atoms with Crippen LogP contribution in [0.4, 0.5) is 33.7 Å². The van der Waals surface area contributed by atoms with Gasteiger partial charge in [-0.1, -0.05) is 6.07 Å². The van der Waals surface area contributed by atoms with E-state index in [1.807, 2.05) is 6.07 Å². The van der Waals surface area contributed by atoms with Crippen molar-refractivity contribution in [3.05, 3.63) is 59.7 Å². The van der Waals surface area contributed by atoms with Crippen molar-refractivity contribution < 1.29 is 22.0 Å². The number of nitrogens with one attached hydrogen (secondary N) is 1. The SMILES string of the molecule is CN1C2CCC1CN(Cc1ccc(Nc3ncc(F)c(-c4cc(F)c5nc6n(c5c4)C(C(F)(F)F)CC6)n3)nc1)C2. The smallest absolute Gasteiger partial charge is 0.316 e. The molecule has 41 heavy (non-hydrogen) atoms. The lowest BCUT2D eigenvalue weighted by atomic mass is 10.1. The minimum atomic E-state index is -4.52. The summed E-state index contributed by atoms with van der Waals surface area (Å²) in [7, 11) is 2.20. The van der Waals surface area contributed by atoms with Crippen molar-refractivity contribution in [1.29, 1.82) is 0 Å². The van der Waals surface area contributed by atoms with Gasteiger partial charge in [0.15, 0.2) is 11.6 Å². The lowest BCUT2D eigenvalue weighted by molar-refractivity contribution is -0.164. The Labute approximate surface area is 232 Å². The van der Waals surface area contributed by atoms with Crippen LogP contribution in [0.5, 0.6) is 0 Å². The van der Waals surface area contributed by atoms with E-state index in [0.717, 1.165) is 42.0 Å². The highest BCUT2D eigenvalue weighted by Crippen LogP contribution is 2.42. The molecule has 3 aromatic heterocycles. The first-order chi connectivity index (χ1) is 19.6. The first-order valence-corrected chi connectivity index (χ1v) is 13.6. The van der Waals surface area contributed by atoms with Gasteiger partial charge in [0.25, 0.3) is 0 Å². The van der Waals surface area contributed by atoms with E-state index in [2.05, 4.69) is 42.1 Å². The van der Waals surface area contributed by atoms with Crippen LogP contribution >= 0.6 is 0 Å². The molecule has 214 valence electrons. The number of likely N-dealkylation sites (tertiary alicyclic amines) is 1. The van der Waals surface area contributed by atoms with Crippen molar-refractivity contribution in [2.24, 2.45) is 0 Å². The predicted octanol–water partition coefficient (Wildman–Crippen LogP) is 5.24. The number of rotatable bonds is 5. The maximum absolute atomic E-state index is 15.0. The van der Waals surface area contributed by atoms with E-state index in [1.54, 1.807) is 12.3 Å². The van der Waals surface area contributed by atoms with Gasteiger partial charge in [-0.2, -0.15) is 13.2 Å². The number of benzene rings is 1. The summed E-state index contributed by atoms with van der Waals surface area (Å²) < 4.78 is 71.8. The van der Waals surface area contributed by atoms with Gasteiger partial charge in [0.2, 0.25) is 5.95 Å². The van der Waals surface area contributed by atoms with Crippen molar-refractivity contribution in [2.75, 3.05) is 25.5 Å². The fourth-order valence-corrected chi connectivity index (χ4v) is 6.49. The minimum absolute atomic E-state index is 0.0158. The molecule has 3 atom stereocenters. The molecule has 1 aromatic carbocycles. The summed E-state index contributed by atoms with van der Waals surface area (Å²) in [5.41, 5.74) is 0.570. The summed E-state index contributed by atoms with van der Waals surface area (Å²) in [5, 5.41) is 2.94. The fourth-order valence-electron chi connectivity index (χ4n) is 6.49. The zero-order valence-corrected chi connectivity index (χ0v) is 22.2. The number of pyridine rings is 1. The molecular formula is C28H27F5N8. The zero-order chi connectivity index (χ0) is 28.5. The van der Waals surface area contributed by atoms with Crippen LogP contribution in [0.25, 0.3) is 22.3 Å². The number of alkyl halides is 3. The lowest BCUT2D eigenvalue weighted by Gasteiger charge is -2.38. The highest BCUT2D eigenvalue weighted by molar-refractivity contribution is 5.83. The van der Waals surface area contributed by atoms with Gasteiger partial charge in [0.05, 0.1) is 11.7 Å². The first kappa shape index (κ1) is 26.2. The van der Waals surface area contributed by atoms with E-state index in [-0.39, 0.29) is 46.9 Å². The molecule has 3 aliphatic heterocycles. The molecule has 3 unspecified atom stereocenters. The van der Waals surface area contributed by atoms with E-state index in [0.29, 0.717) is 17.9 Å². The van der Waals surface area contributed by atoms with Crippen LogP contribution in [-0.2, 0) is 13.0 Å². The molecular weight excluding hydrogens is 543 g/mol. The molecule has 0 saturated carbocycles. The number of hydrogen-bond acceptors (Lipinski definition) is 7. The number of imidazole rings is 1. The Kier molecular flexibility index (Phi) is 6.19. The molecule has 2 bridgehead atoms. The van der Waals surface area contributed by atoms with Crippen molar-refractivity contribution in [1.82, 2.24) is 34.3 Å². The molecule has 2 fully saturated rings. The Morgan fingerprint density at radius 2 is 1.73 bits per heavy atom. The van der Waals surface area contributed by atoms with Crippen LogP contribution in [0.1, 0.15) is 36.7 Å². The molecule has 0 amide bonds. The third-order valence-corrected chi connectivity index (χ3v) is 8.56. The van der Waals surface area contributed by atoms with E-state index in [9.17, 15) is 17.6 Å². The number of aryl methyl sites for hydroxylation is 1. The Morgan fingerprint density at radius 1 is 0.951 bits per heavy atom. The van der Waals surface area contributed by atoms with Crippen LogP contribution in [0.3, 0.4) is 0 Å². The van der Waals surface area contributed by atoms with E-state index >= 15 is 4.39 Å². The Balaban J connectivity index is 1.12. The third-order valence-electron chi connectivity index (χ3n) is 8.56. The normalized spacial score (nSPS) is 22.9. The number of piperazine rings is 1. The van der Waals surface area contributed by atoms with Crippen LogP contribution in [-0.4, -0.2) is 72.7 Å². The van der Waals surface area contributed by atoms with Gasteiger partial charge in [0, 0.05) is 49.9 Å². The van der Waals surface area contributed by atoms with Gasteiger partial charge in [0.1, 0.15) is 28.9 Å². The maximum atomic E-state index is 15.0. The lowest BCUT2D eigenvalue weighted by Crippen LogP contribution is -2.51. The average Bonchev–Trinajstić information content (AvgIpc) is 3.56. The van der Waals surface area contributed by atoms with Gasteiger partial charge in [-0.15, -0.1) is 0 Å². The highest BCUT2D eigenvalue weighted by Gasteiger charge is 2.46. The molecule has 4 aromatic rings. The van der Waals surface area contributed by atoms with Crippen LogP contribution in [0.15, 0.2) is 36.7 Å². The number of fused-ring (bicyclic) bond motifs is 5. The maximum Gasteiger partial charge on any atom is 0.409 e. The molecule has 0 aliphatic carbocycles. The quantitative estimate of drug-likeness (QED) is 0.329. The summed E-state index contributed by atoms with van der Waals surface area (Å²) >= 11 is 0. The number of anilines is 2. The molecule has 1 N–H and O–H groups in total. The predicted molar refractivity (Wildman–Crippen MR) is 141 cm³/mol. The van der Waals surface area contributed by atoms with Gasteiger partial charge >= 0.3 is 6.18 Å². The van der Waals surface area contributed by atoms with Crippen molar-refractivity contribution >= 4 is 22.8 Å². The summed E-state index contributed by atoms with van der Waals surface area (Å²) in [6.07, 6.45) is 0.553. The van der Waals surface area contributed by atoms with Gasteiger partial charge in [-0.3, -0.25) is 9.80 Å². The van der Waals surface area contributed by atoms with Gasteiger partial charge in [-0.05, 0) is 50.1 Å². The second-order valence-electron chi connectivity index (χ2n) is 11.1. The van der Waals surface area contributed by atoms with Gasteiger partial charge in [-0.25, -0.2) is 28.7 Å². The van der Waals surface area contributed by atoms with E-state index < -0.39 is 23.9 Å². The zero-order valence-electron chi connectivity index (χ0n) is 22.2. The Hall–Kier alpha value is -3.71. The molecule has 7 rings (SSSR count). The number of aromatic nitrogens is 5. The third kappa shape index (κ3) is 4.70. The largest absolute Gasteiger partial charge is 0.409 e. The van der Waals surface area contributed by atoms with Gasteiger partial charge < -0.3 is 9.88 Å². The van der Waals surface area contributed by atoms with Crippen LogP contribution < -0.4 is 5.32 Å². The summed E-state index contributed by atoms with van der Waals surface area (Å²) in [6.45, 7) is 2.86. The Bertz CT molecular complexity index is 1600. The molecule has 8 nitrogen and oxygen atoms in total. The summed E-state index contributed by atoms with van der Waals surface area (Å²) in [5.74, 6) is -1.08. The average molecular weight is 571 g/mol. The van der Waals surface area contributed by atoms with Crippen LogP contribution in [0, 0.1) is 11.6 Å². The van der Waals surface area contributed by atoms with E-state index in [4.69, 9.17) is 0 Å². The molecule has 3 aliphatic rings. The van der Waals surface area contributed by atoms with E-state index in [1.165, 1.54) is 18.9 Å². The molecule has 2 saturated heterocycles. The summed E-state index contributed by atoms with van der Waals surface area (Å²) in [4.78, 5) is 21.6. The second kappa shape index (κ2) is 9.69. The fraction of sp³-hybridized carbons (Fsp3) is 0.429. The number of likely N-dealkylation sites (N-methyl/N-ethyl adjacent to an activating group) is 1. The molecule has 0 radical (unpaired) electrons. The molecule has 6 heterocycles.